The van der Waals surface area contributed by atoms with Crippen molar-refractivity contribution in [3.63, 3.8) is 0 Å². The lowest BCUT2D eigenvalue weighted by molar-refractivity contribution is 0.443. The van der Waals surface area contributed by atoms with E-state index >= 15 is 0 Å². The SMILES string of the molecule is CC1(C)c2ccccc2-c2ccc(N(c3ccc(-c4c(-c5ccccc5)cc(-c5ccccc5)cc4-c4ccccc4)cc3)c3ccc(C4CCCCC4)cc3)cc21. The van der Waals surface area contributed by atoms with Crippen LogP contribution in [0.15, 0.2) is 194 Å². The summed E-state index contributed by atoms with van der Waals surface area (Å²) in [6.45, 7) is 4.74. The van der Waals surface area contributed by atoms with Crippen LogP contribution in [0.5, 0.6) is 0 Å². The van der Waals surface area contributed by atoms with Crippen LogP contribution >= 0.6 is 0 Å². The Balaban J connectivity index is 1.12. The van der Waals surface area contributed by atoms with Crippen molar-refractivity contribution in [2.24, 2.45) is 0 Å². The summed E-state index contributed by atoms with van der Waals surface area (Å²) in [5.41, 5.74) is 20.1. The molecule has 1 fully saturated rings. The average Bonchev–Trinajstić information content (AvgIpc) is 3.53. The largest absolute Gasteiger partial charge is 0.310 e. The van der Waals surface area contributed by atoms with Crippen molar-refractivity contribution in [2.45, 2.75) is 57.3 Å². The van der Waals surface area contributed by atoms with Crippen LogP contribution in [-0.2, 0) is 5.41 Å². The van der Waals surface area contributed by atoms with Gasteiger partial charge < -0.3 is 4.90 Å². The van der Waals surface area contributed by atoms with Gasteiger partial charge in [0.1, 0.15) is 0 Å². The van der Waals surface area contributed by atoms with Crippen molar-refractivity contribution in [3.8, 4) is 55.6 Å². The molecule has 0 unspecified atom stereocenters. The van der Waals surface area contributed by atoms with Crippen molar-refractivity contribution in [1.82, 2.24) is 0 Å². The Bertz CT molecular complexity index is 2620. The number of fused-ring (bicyclic) bond motifs is 3. The zero-order chi connectivity index (χ0) is 39.1. The average molecular weight is 748 g/mol. The van der Waals surface area contributed by atoms with Gasteiger partial charge in [0.05, 0.1) is 0 Å². The van der Waals surface area contributed by atoms with E-state index in [-0.39, 0.29) is 5.41 Å². The van der Waals surface area contributed by atoms with E-state index in [4.69, 9.17) is 0 Å². The third kappa shape index (κ3) is 6.55. The standard InChI is InChI=1S/C57H49N/c1-57(2)54-26-16-15-25-50(54)51-36-35-49(39-55(51)57)58(47-31-27-42(28-32-47)40-17-7-3-8-18-40)48-33-29-45(30-34-48)56-52(43-21-11-5-12-22-43)37-46(41-19-9-4-10-20-41)38-53(56)44-23-13-6-14-24-44/h4-6,9-16,19-40H,3,7-8,17-18H2,1-2H3. The fourth-order valence-corrected chi connectivity index (χ4v) is 9.83. The summed E-state index contributed by atoms with van der Waals surface area (Å²) in [5.74, 6) is 0.667. The predicted molar refractivity (Wildman–Crippen MR) is 246 cm³/mol. The Morgan fingerprint density at radius 3 is 1.48 bits per heavy atom. The minimum absolute atomic E-state index is 0.0874. The first-order valence-corrected chi connectivity index (χ1v) is 21.1. The summed E-state index contributed by atoms with van der Waals surface area (Å²) in [4.78, 5) is 2.46. The molecule has 10 rings (SSSR count). The van der Waals surface area contributed by atoms with Crippen molar-refractivity contribution in [2.75, 3.05) is 4.90 Å². The molecule has 1 saturated carbocycles. The monoisotopic (exact) mass is 747 g/mol. The molecule has 0 heterocycles. The van der Waals surface area contributed by atoms with Gasteiger partial charge in [-0.1, -0.05) is 179 Å². The van der Waals surface area contributed by atoms with Crippen LogP contribution in [0.25, 0.3) is 55.6 Å². The van der Waals surface area contributed by atoms with E-state index in [0.29, 0.717) is 5.92 Å². The fraction of sp³-hybridized carbons (Fsp3) is 0.158. The highest BCUT2D eigenvalue weighted by atomic mass is 15.1. The summed E-state index contributed by atoms with van der Waals surface area (Å²) >= 11 is 0. The van der Waals surface area contributed by atoms with Gasteiger partial charge in [0.15, 0.2) is 0 Å². The molecule has 8 aromatic carbocycles. The van der Waals surface area contributed by atoms with E-state index in [1.165, 1.54) is 116 Å². The van der Waals surface area contributed by atoms with Gasteiger partial charge in [-0.3, -0.25) is 0 Å². The van der Waals surface area contributed by atoms with Gasteiger partial charge in [0.2, 0.25) is 0 Å². The third-order valence-electron chi connectivity index (χ3n) is 12.9. The topological polar surface area (TPSA) is 3.24 Å². The molecule has 1 nitrogen and oxygen atoms in total. The summed E-state index contributed by atoms with van der Waals surface area (Å²) in [6, 6.07) is 72.1. The van der Waals surface area contributed by atoms with Gasteiger partial charge in [-0.15, -0.1) is 0 Å². The summed E-state index contributed by atoms with van der Waals surface area (Å²) in [6.07, 6.45) is 6.64. The molecule has 282 valence electrons. The van der Waals surface area contributed by atoms with Crippen LogP contribution in [0, 0.1) is 0 Å². The first-order valence-electron chi connectivity index (χ1n) is 21.1. The van der Waals surface area contributed by atoms with Gasteiger partial charge in [0, 0.05) is 22.5 Å². The predicted octanol–water partition coefficient (Wildman–Crippen LogP) is 16.2. The van der Waals surface area contributed by atoms with E-state index in [1.807, 2.05) is 0 Å². The number of hydrogen-bond acceptors (Lipinski definition) is 1. The lowest BCUT2D eigenvalue weighted by Gasteiger charge is -2.29. The highest BCUT2D eigenvalue weighted by Gasteiger charge is 2.35. The van der Waals surface area contributed by atoms with Gasteiger partial charge in [-0.25, -0.2) is 0 Å². The lowest BCUT2D eigenvalue weighted by Crippen LogP contribution is -2.16. The van der Waals surface area contributed by atoms with Crippen LogP contribution < -0.4 is 4.90 Å². The normalized spacial score (nSPS) is 14.4. The molecule has 0 bridgehead atoms. The Labute approximate surface area is 344 Å². The maximum Gasteiger partial charge on any atom is 0.0465 e. The molecule has 0 atom stereocenters. The van der Waals surface area contributed by atoms with Gasteiger partial charge in [-0.2, -0.15) is 0 Å². The molecule has 0 aliphatic heterocycles. The molecule has 0 amide bonds. The number of hydrogen-bond donors (Lipinski definition) is 0. The maximum atomic E-state index is 2.46. The van der Waals surface area contributed by atoms with Crippen molar-refractivity contribution >= 4 is 17.1 Å². The second kappa shape index (κ2) is 15.1. The van der Waals surface area contributed by atoms with E-state index in [2.05, 4.69) is 213 Å². The summed E-state index contributed by atoms with van der Waals surface area (Å²) < 4.78 is 0. The van der Waals surface area contributed by atoms with E-state index < -0.39 is 0 Å². The Hall–Kier alpha value is -6.44. The number of anilines is 3. The molecular weight excluding hydrogens is 699 g/mol. The maximum absolute atomic E-state index is 2.46. The summed E-state index contributed by atoms with van der Waals surface area (Å²) in [7, 11) is 0. The van der Waals surface area contributed by atoms with Crippen LogP contribution in [-0.4, -0.2) is 0 Å². The zero-order valence-corrected chi connectivity index (χ0v) is 33.5. The van der Waals surface area contributed by atoms with E-state index in [9.17, 15) is 0 Å². The number of rotatable bonds is 8. The van der Waals surface area contributed by atoms with Crippen molar-refractivity contribution in [3.05, 3.63) is 211 Å². The molecule has 0 radical (unpaired) electrons. The molecule has 0 spiro atoms. The smallest absolute Gasteiger partial charge is 0.0465 e. The molecule has 2 aliphatic carbocycles. The van der Waals surface area contributed by atoms with Crippen LogP contribution in [0.3, 0.4) is 0 Å². The number of nitrogens with zero attached hydrogens (tertiary/aromatic N) is 1. The first kappa shape index (κ1) is 35.9. The second-order valence-electron chi connectivity index (χ2n) is 16.8. The van der Waals surface area contributed by atoms with Gasteiger partial charge >= 0.3 is 0 Å². The molecule has 58 heavy (non-hydrogen) atoms. The lowest BCUT2D eigenvalue weighted by atomic mass is 9.82. The van der Waals surface area contributed by atoms with Gasteiger partial charge in [0.25, 0.3) is 0 Å². The summed E-state index contributed by atoms with van der Waals surface area (Å²) in [5, 5.41) is 0. The van der Waals surface area contributed by atoms with Crippen LogP contribution in [0.4, 0.5) is 17.1 Å². The van der Waals surface area contributed by atoms with Gasteiger partial charge in [-0.05, 0) is 140 Å². The Morgan fingerprint density at radius 1 is 0.379 bits per heavy atom. The molecule has 2 aliphatic rings. The number of benzene rings is 8. The van der Waals surface area contributed by atoms with E-state index in [0.717, 1.165) is 5.69 Å². The third-order valence-corrected chi connectivity index (χ3v) is 12.9. The molecular formula is C57H49N. The van der Waals surface area contributed by atoms with Crippen molar-refractivity contribution < 1.29 is 0 Å². The van der Waals surface area contributed by atoms with Crippen LogP contribution in [0.1, 0.15) is 68.6 Å². The minimum atomic E-state index is -0.0874. The molecule has 8 aromatic rings. The highest BCUT2D eigenvalue weighted by molar-refractivity contribution is 5.98. The molecule has 1 heteroatoms. The van der Waals surface area contributed by atoms with Crippen molar-refractivity contribution in [1.29, 1.82) is 0 Å². The second-order valence-corrected chi connectivity index (χ2v) is 16.8. The highest BCUT2D eigenvalue weighted by Crippen LogP contribution is 2.51. The Morgan fingerprint density at radius 2 is 0.879 bits per heavy atom. The van der Waals surface area contributed by atoms with Crippen LogP contribution in [0.2, 0.25) is 0 Å². The van der Waals surface area contributed by atoms with E-state index in [1.54, 1.807) is 0 Å². The Kier molecular flexibility index (Phi) is 9.38. The molecule has 0 aromatic heterocycles. The zero-order valence-electron chi connectivity index (χ0n) is 33.5. The first-order chi connectivity index (χ1) is 28.5. The fourth-order valence-electron chi connectivity index (χ4n) is 9.83. The quantitative estimate of drug-likeness (QED) is 0.150. The molecule has 0 saturated heterocycles. The molecule has 0 N–H and O–H groups in total. The minimum Gasteiger partial charge on any atom is -0.310 e.